The topological polar surface area (TPSA) is 104 Å². The summed E-state index contributed by atoms with van der Waals surface area (Å²) in [6.07, 6.45) is 4.07. The number of aromatic amines is 1. The van der Waals surface area contributed by atoms with Crippen LogP contribution in [0.3, 0.4) is 0 Å². The number of aliphatic carboxylic acids is 1. The number of carbonyl (C=O) groups is 1. The minimum absolute atomic E-state index is 0.0505. The van der Waals surface area contributed by atoms with Gasteiger partial charge in [-0.05, 0) is 11.5 Å². The number of hydrogen-bond acceptors (Lipinski definition) is 5. The molecule has 0 amide bonds. The van der Waals surface area contributed by atoms with Gasteiger partial charge in [-0.25, -0.2) is 19.3 Å². The summed E-state index contributed by atoms with van der Waals surface area (Å²) < 4.78 is 14.3. The van der Waals surface area contributed by atoms with E-state index in [4.69, 9.17) is 16.7 Å². The average Bonchev–Trinajstić information content (AvgIpc) is 2.98. The van der Waals surface area contributed by atoms with Crippen LogP contribution in [0.2, 0.25) is 5.02 Å². The first-order chi connectivity index (χ1) is 12.6. The molecule has 1 unspecified atom stereocenters. The molecule has 0 aromatic carbocycles. The van der Waals surface area contributed by atoms with Gasteiger partial charge in [0.2, 0.25) is 0 Å². The van der Waals surface area contributed by atoms with Crippen LogP contribution in [0, 0.1) is 11.2 Å². The van der Waals surface area contributed by atoms with Crippen molar-refractivity contribution >= 4 is 34.4 Å². The van der Waals surface area contributed by atoms with E-state index in [1.54, 1.807) is 12.3 Å². The molecule has 3 aromatic heterocycles. The van der Waals surface area contributed by atoms with Crippen molar-refractivity contribution in [3.05, 3.63) is 35.5 Å². The van der Waals surface area contributed by atoms with Crippen molar-refractivity contribution in [3.63, 3.8) is 0 Å². The number of anilines is 1. The summed E-state index contributed by atoms with van der Waals surface area (Å²) in [4.78, 5) is 26.7. The van der Waals surface area contributed by atoms with Crippen molar-refractivity contribution in [2.45, 2.75) is 33.2 Å². The van der Waals surface area contributed by atoms with E-state index in [1.807, 2.05) is 20.8 Å². The summed E-state index contributed by atoms with van der Waals surface area (Å²) in [6, 6.07) is 1.20. The summed E-state index contributed by atoms with van der Waals surface area (Å²) in [5.41, 5.74) is 0.803. The Bertz CT molecular complexity index is 999. The van der Waals surface area contributed by atoms with Crippen LogP contribution in [0.15, 0.2) is 24.7 Å². The van der Waals surface area contributed by atoms with E-state index in [2.05, 4.69) is 25.3 Å². The molecule has 0 saturated heterocycles. The zero-order chi connectivity index (χ0) is 19.8. The van der Waals surface area contributed by atoms with Crippen molar-refractivity contribution in [3.8, 4) is 11.4 Å². The zero-order valence-electron chi connectivity index (χ0n) is 15.0. The van der Waals surface area contributed by atoms with E-state index in [0.717, 1.165) is 6.20 Å². The lowest BCUT2D eigenvalue weighted by Crippen LogP contribution is -2.36. The molecule has 1 atom stereocenters. The molecule has 3 aromatic rings. The van der Waals surface area contributed by atoms with Crippen molar-refractivity contribution < 1.29 is 14.3 Å². The molecule has 0 saturated carbocycles. The number of halogens is 2. The molecule has 3 heterocycles. The van der Waals surface area contributed by atoms with Gasteiger partial charge in [-0.3, -0.25) is 4.79 Å². The smallest absolute Gasteiger partial charge is 0.305 e. The second-order valence-electron chi connectivity index (χ2n) is 7.30. The summed E-state index contributed by atoms with van der Waals surface area (Å²) in [6.45, 7) is 5.63. The number of hydrogen-bond donors (Lipinski definition) is 3. The van der Waals surface area contributed by atoms with Gasteiger partial charge in [0.05, 0.1) is 17.6 Å². The molecule has 7 nitrogen and oxygen atoms in total. The number of carboxylic acid groups (broad SMARTS) is 1. The normalized spacial score (nSPS) is 12.9. The molecule has 0 aliphatic heterocycles. The summed E-state index contributed by atoms with van der Waals surface area (Å²) in [7, 11) is 0. The third-order valence-electron chi connectivity index (χ3n) is 4.22. The Hall–Kier alpha value is -2.74. The highest BCUT2D eigenvalue weighted by Crippen LogP contribution is 2.30. The van der Waals surface area contributed by atoms with Crippen molar-refractivity contribution in [1.82, 2.24) is 19.9 Å². The van der Waals surface area contributed by atoms with E-state index < -0.39 is 23.2 Å². The van der Waals surface area contributed by atoms with Gasteiger partial charge >= 0.3 is 5.97 Å². The number of carboxylic acids is 1. The fourth-order valence-electron chi connectivity index (χ4n) is 2.67. The molecule has 0 radical (unpaired) electrons. The monoisotopic (exact) mass is 391 g/mol. The molecule has 0 aliphatic carbocycles. The van der Waals surface area contributed by atoms with Gasteiger partial charge < -0.3 is 15.4 Å². The highest BCUT2D eigenvalue weighted by molar-refractivity contribution is 6.31. The maximum atomic E-state index is 14.3. The van der Waals surface area contributed by atoms with Crippen LogP contribution in [0.4, 0.5) is 10.2 Å². The SMILES string of the molecule is CC(C)(C)C(CC(=O)O)Nc1nc(-c2c[nH]c3ncc(Cl)cc23)ncc1F. The minimum atomic E-state index is -0.977. The molecule has 3 N–H and O–H groups in total. The molecule has 0 spiro atoms. The summed E-state index contributed by atoms with van der Waals surface area (Å²) in [5.74, 6) is -1.41. The Labute approximate surface area is 160 Å². The van der Waals surface area contributed by atoms with Gasteiger partial charge in [0.1, 0.15) is 5.65 Å². The molecule has 0 aliphatic rings. The lowest BCUT2D eigenvalue weighted by molar-refractivity contribution is -0.137. The first-order valence-corrected chi connectivity index (χ1v) is 8.67. The molecular formula is C18H19ClFN5O2. The van der Waals surface area contributed by atoms with Gasteiger partial charge in [0.15, 0.2) is 17.5 Å². The zero-order valence-corrected chi connectivity index (χ0v) is 15.8. The number of H-pyrrole nitrogens is 1. The number of nitrogens with one attached hydrogen (secondary N) is 2. The van der Waals surface area contributed by atoms with Crippen LogP contribution in [0.25, 0.3) is 22.4 Å². The predicted molar refractivity (Wildman–Crippen MR) is 101 cm³/mol. The molecule has 3 rings (SSSR count). The van der Waals surface area contributed by atoms with Crippen LogP contribution in [-0.2, 0) is 4.79 Å². The maximum Gasteiger partial charge on any atom is 0.305 e. The van der Waals surface area contributed by atoms with Gasteiger partial charge in [0.25, 0.3) is 0 Å². The standard InChI is InChI=1S/C18H19ClFN5O2/c1-18(2,3)13(5-14(26)27)24-17-12(20)8-23-16(25-17)11-7-22-15-10(11)4-9(19)6-21-15/h4,6-8,13H,5H2,1-3H3,(H,21,22)(H,26,27)(H,23,24,25). The minimum Gasteiger partial charge on any atom is -0.481 e. The Kier molecular flexibility index (Phi) is 5.01. The van der Waals surface area contributed by atoms with Crippen molar-refractivity contribution in [2.24, 2.45) is 5.41 Å². The van der Waals surface area contributed by atoms with Gasteiger partial charge in [-0.2, -0.15) is 0 Å². The molecular weight excluding hydrogens is 373 g/mol. The summed E-state index contributed by atoms with van der Waals surface area (Å²) in [5, 5.41) is 13.2. The fraction of sp³-hybridized carbons (Fsp3) is 0.333. The second kappa shape index (κ2) is 7.11. The maximum absolute atomic E-state index is 14.3. The van der Waals surface area contributed by atoms with E-state index in [9.17, 15) is 9.18 Å². The van der Waals surface area contributed by atoms with Crippen LogP contribution in [-0.4, -0.2) is 37.1 Å². The van der Waals surface area contributed by atoms with Crippen LogP contribution < -0.4 is 5.32 Å². The highest BCUT2D eigenvalue weighted by Gasteiger charge is 2.28. The third-order valence-corrected chi connectivity index (χ3v) is 4.42. The third kappa shape index (κ3) is 4.16. The Morgan fingerprint density at radius 2 is 2.11 bits per heavy atom. The Morgan fingerprint density at radius 1 is 1.37 bits per heavy atom. The fourth-order valence-corrected chi connectivity index (χ4v) is 2.83. The van der Waals surface area contributed by atoms with Crippen LogP contribution in [0.1, 0.15) is 27.2 Å². The quantitative estimate of drug-likeness (QED) is 0.604. The van der Waals surface area contributed by atoms with E-state index in [1.165, 1.54) is 6.20 Å². The van der Waals surface area contributed by atoms with Gasteiger partial charge in [-0.15, -0.1) is 0 Å². The van der Waals surface area contributed by atoms with E-state index in [0.29, 0.717) is 21.6 Å². The summed E-state index contributed by atoms with van der Waals surface area (Å²) >= 11 is 6.01. The second-order valence-corrected chi connectivity index (χ2v) is 7.74. The van der Waals surface area contributed by atoms with E-state index >= 15 is 0 Å². The van der Waals surface area contributed by atoms with Gasteiger partial charge in [0, 0.05) is 29.4 Å². The van der Waals surface area contributed by atoms with E-state index in [-0.39, 0.29) is 18.1 Å². The van der Waals surface area contributed by atoms with Gasteiger partial charge in [-0.1, -0.05) is 32.4 Å². The van der Waals surface area contributed by atoms with Crippen LogP contribution >= 0.6 is 11.6 Å². The first kappa shape index (κ1) is 19.0. The van der Waals surface area contributed by atoms with Crippen LogP contribution in [0.5, 0.6) is 0 Å². The van der Waals surface area contributed by atoms with Crippen molar-refractivity contribution in [2.75, 3.05) is 5.32 Å². The number of pyridine rings is 1. The number of fused-ring (bicyclic) bond motifs is 1. The molecule has 142 valence electrons. The number of aromatic nitrogens is 4. The Balaban J connectivity index is 2.01. The lowest BCUT2D eigenvalue weighted by Gasteiger charge is -2.30. The first-order valence-electron chi connectivity index (χ1n) is 8.29. The predicted octanol–water partition coefficient (Wildman–Crippen LogP) is 4.11. The number of rotatable bonds is 5. The molecule has 0 fully saturated rings. The lowest BCUT2D eigenvalue weighted by atomic mass is 9.85. The van der Waals surface area contributed by atoms with Crippen molar-refractivity contribution in [1.29, 1.82) is 0 Å². The molecule has 27 heavy (non-hydrogen) atoms. The molecule has 0 bridgehead atoms. The molecule has 9 heteroatoms. The Morgan fingerprint density at radius 3 is 2.78 bits per heavy atom. The largest absolute Gasteiger partial charge is 0.481 e. The number of nitrogens with zero attached hydrogens (tertiary/aromatic N) is 3. The average molecular weight is 392 g/mol. The highest BCUT2D eigenvalue weighted by atomic mass is 35.5.